The van der Waals surface area contributed by atoms with E-state index in [1.807, 2.05) is 18.2 Å². The largest absolute Gasteiger partial charge is 0.475 e. The second kappa shape index (κ2) is 3.71. The highest BCUT2D eigenvalue weighted by atomic mass is 16.5. The number of rotatable bonds is 2. The Morgan fingerprint density at radius 2 is 2.45 bits per heavy atom. The number of ether oxygens (including phenoxy) is 1. The van der Waals surface area contributed by atoms with Crippen molar-refractivity contribution in [2.75, 3.05) is 0 Å². The molecule has 1 aromatic rings. The Hall–Kier alpha value is -1.38. The van der Waals surface area contributed by atoms with Crippen molar-refractivity contribution in [3.8, 4) is 0 Å². The predicted molar refractivity (Wildman–Crippen MR) is 42.4 cm³/mol. The van der Waals surface area contributed by atoms with Gasteiger partial charge in [0.1, 0.15) is 6.61 Å². The summed E-state index contributed by atoms with van der Waals surface area (Å²) < 4.78 is 4.95. The fraction of sp³-hybridized carbons (Fsp3) is 0.250. The van der Waals surface area contributed by atoms with Crippen molar-refractivity contribution < 1.29 is 4.74 Å². The Kier molecular flexibility index (Phi) is 2.60. The lowest BCUT2D eigenvalue weighted by Gasteiger charge is -2.01. The zero-order valence-electron chi connectivity index (χ0n) is 6.37. The molecule has 0 saturated heterocycles. The van der Waals surface area contributed by atoms with E-state index in [4.69, 9.17) is 10.1 Å². The monoisotopic (exact) mass is 150 g/mol. The van der Waals surface area contributed by atoms with Gasteiger partial charge in [-0.1, -0.05) is 6.07 Å². The molecular weight excluding hydrogens is 140 g/mol. The quantitative estimate of drug-likeness (QED) is 0.514. The number of hydrogen-bond donors (Lipinski definition) is 1. The van der Waals surface area contributed by atoms with Gasteiger partial charge in [-0.05, 0) is 12.1 Å². The SMILES string of the molecule is CC(=N)OCc1ccccn1. The third-order valence-electron chi connectivity index (χ3n) is 1.16. The first-order chi connectivity index (χ1) is 5.29. The molecule has 58 valence electrons. The molecule has 0 unspecified atom stereocenters. The summed E-state index contributed by atoms with van der Waals surface area (Å²) in [5, 5.41) is 6.99. The molecule has 0 bridgehead atoms. The van der Waals surface area contributed by atoms with Crippen LogP contribution in [0.4, 0.5) is 0 Å². The minimum Gasteiger partial charge on any atom is -0.475 e. The summed E-state index contributed by atoms with van der Waals surface area (Å²) >= 11 is 0. The van der Waals surface area contributed by atoms with E-state index in [2.05, 4.69) is 4.98 Å². The Bertz CT molecular complexity index is 233. The first-order valence-corrected chi connectivity index (χ1v) is 3.37. The molecule has 0 fully saturated rings. The molecule has 11 heavy (non-hydrogen) atoms. The average Bonchev–Trinajstić information content (AvgIpc) is 2.03. The fourth-order valence-corrected chi connectivity index (χ4v) is 0.666. The van der Waals surface area contributed by atoms with Gasteiger partial charge in [0.15, 0.2) is 5.90 Å². The van der Waals surface area contributed by atoms with Gasteiger partial charge in [0.2, 0.25) is 0 Å². The normalized spacial score (nSPS) is 9.18. The summed E-state index contributed by atoms with van der Waals surface area (Å²) in [5.41, 5.74) is 0.846. The van der Waals surface area contributed by atoms with Gasteiger partial charge in [-0.2, -0.15) is 0 Å². The molecular formula is C8H10N2O. The molecule has 1 N–H and O–H groups in total. The van der Waals surface area contributed by atoms with Crippen molar-refractivity contribution in [1.82, 2.24) is 4.98 Å². The van der Waals surface area contributed by atoms with Crippen LogP contribution in [0.1, 0.15) is 12.6 Å². The van der Waals surface area contributed by atoms with Gasteiger partial charge < -0.3 is 4.74 Å². The summed E-state index contributed by atoms with van der Waals surface area (Å²) in [6, 6.07) is 5.61. The highest BCUT2D eigenvalue weighted by Gasteiger charge is 1.92. The maximum Gasteiger partial charge on any atom is 0.177 e. The van der Waals surface area contributed by atoms with Crippen LogP contribution in [0, 0.1) is 5.41 Å². The highest BCUT2D eigenvalue weighted by molar-refractivity contribution is 5.69. The highest BCUT2D eigenvalue weighted by Crippen LogP contribution is 1.95. The van der Waals surface area contributed by atoms with Crippen molar-refractivity contribution in [3.05, 3.63) is 30.1 Å². The van der Waals surface area contributed by atoms with Crippen LogP contribution in [0.15, 0.2) is 24.4 Å². The molecule has 0 aliphatic carbocycles. The summed E-state index contributed by atoms with van der Waals surface area (Å²) in [6.07, 6.45) is 1.71. The van der Waals surface area contributed by atoms with Crippen LogP contribution in [-0.2, 0) is 11.3 Å². The summed E-state index contributed by atoms with van der Waals surface area (Å²) in [6.45, 7) is 1.99. The van der Waals surface area contributed by atoms with Gasteiger partial charge in [0.25, 0.3) is 0 Å². The van der Waals surface area contributed by atoms with Gasteiger partial charge in [-0.15, -0.1) is 0 Å². The van der Waals surface area contributed by atoms with Gasteiger partial charge in [0.05, 0.1) is 5.69 Å². The van der Waals surface area contributed by atoms with E-state index in [9.17, 15) is 0 Å². The van der Waals surface area contributed by atoms with E-state index in [0.717, 1.165) is 5.69 Å². The summed E-state index contributed by atoms with van der Waals surface area (Å²) in [5.74, 6) is 0.218. The maximum absolute atomic E-state index is 6.99. The Labute approximate surface area is 65.5 Å². The van der Waals surface area contributed by atoms with Crippen LogP contribution >= 0.6 is 0 Å². The number of nitrogens with zero attached hydrogens (tertiary/aromatic N) is 1. The van der Waals surface area contributed by atoms with E-state index in [1.165, 1.54) is 0 Å². The second-order valence-electron chi connectivity index (χ2n) is 2.17. The van der Waals surface area contributed by atoms with Crippen molar-refractivity contribution in [1.29, 1.82) is 5.41 Å². The van der Waals surface area contributed by atoms with Gasteiger partial charge in [0, 0.05) is 13.1 Å². The molecule has 0 aliphatic rings. The molecule has 0 spiro atoms. The molecule has 3 nitrogen and oxygen atoms in total. The molecule has 3 heteroatoms. The lowest BCUT2D eigenvalue weighted by atomic mass is 10.4. The van der Waals surface area contributed by atoms with E-state index in [-0.39, 0.29) is 5.90 Å². The van der Waals surface area contributed by atoms with Crippen molar-refractivity contribution >= 4 is 5.90 Å². The summed E-state index contributed by atoms with van der Waals surface area (Å²) in [4.78, 5) is 4.03. The molecule has 1 heterocycles. The Morgan fingerprint density at radius 1 is 1.64 bits per heavy atom. The van der Waals surface area contributed by atoms with E-state index < -0.39 is 0 Å². The van der Waals surface area contributed by atoms with Crippen LogP contribution in [0.3, 0.4) is 0 Å². The topological polar surface area (TPSA) is 46.0 Å². The average molecular weight is 150 g/mol. The number of nitrogens with one attached hydrogen (secondary N) is 1. The van der Waals surface area contributed by atoms with Crippen molar-refractivity contribution in [2.45, 2.75) is 13.5 Å². The predicted octanol–water partition coefficient (Wildman–Crippen LogP) is 1.60. The third kappa shape index (κ3) is 2.80. The van der Waals surface area contributed by atoms with E-state index in [1.54, 1.807) is 13.1 Å². The van der Waals surface area contributed by atoms with Crippen LogP contribution in [0.5, 0.6) is 0 Å². The van der Waals surface area contributed by atoms with Crippen LogP contribution < -0.4 is 0 Å². The molecule has 0 aliphatic heterocycles. The standard InChI is InChI=1S/C8H10N2O/c1-7(9)11-6-8-4-2-3-5-10-8/h2-5,9H,6H2,1H3. The van der Waals surface area contributed by atoms with Crippen molar-refractivity contribution in [3.63, 3.8) is 0 Å². The number of aromatic nitrogens is 1. The van der Waals surface area contributed by atoms with Gasteiger partial charge in [-0.25, -0.2) is 0 Å². The zero-order valence-corrected chi connectivity index (χ0v) is 6.37. The first kappa shape index (κ1) is 7.72. The maximum atomic E-state index is 6.99. The molecule has 1 aromatic heterocycles. The second-order valence-corrected chi connectivity index (χ2v) is 2.17. The molecule has 0 saturated carbocycles. The molecule has 0 aromatic carbocycles. The minimum absolute atomic E-state index is 0.218. The smallest absolute Gasteiger partial charge is 0.177 e. The van der Waals surface area contributed by atoms with Crippen molar-refractivity contribution in [2.24, 2.45) is 0 Å². The lowest BCUT2D eigenvalue weighted by Crippen LogP contribution is -1.99. The minimum atomic E-state index is 0.218. The molecule has 0 atom stereocenters. The van der Waals surface area contributed by atoms with Crippen LogP contribution in [0.25, 0.3) is 0 Å². The Morgan fingerprint density at radius 3 is 3.00 bits per heavy atom. The molecule has 0 radical (unpaired) electrons. The Balaban J connectivity index is 2.45. The van der Waals surface area contributed by atoms with Gasteiger partial charge >= 0.3 is 0 Å². The fourth-order valence-electron chi connectivity index (χ4n) is 0.666. The molecule has 0 amide bonds. The van der Waals surface area contributed by atoms with Gasteiger partial charge in [-0.3, -0.25) is 10.4 Å². The summed E-state index contributed by atoms with van der Waals surface area (Å²) in [7, 11) is 0. The number of hydrogen-bond acceptors (Lipinski definition) is 3. The first-order valence-electron chi connectivity index (χ1n) is 3.37. The number of pyridine rings is 1. The van der Waals surface area contributed by atoms with Crippen LogP contribution in [0.2, 0.25) is 0 Å². The lowest BCUT2D eigenvalue weighted by molar-refractivity contribution is 0.282. The molecule has 1 rings (SSSR count). The third-order valence-corrected chi connectivity index (χ3v) is 1.16. The van der Waals surface area contributed by atoms with E-state index in [0.29, 0.717) is 6.61 Å². The zero-order chi connectivity index (χ0) is 8.10. The van der Waals surface area contributed by atoms with E-state index >= 15 is 0 Å². The van der Waals surface area contributed by atoms with Crippen LogP contribution in [-0.4, -0.2) is 10.9 Å².